The van der Waals surface area contributed by atoms with E-state index in [0.717, 1.165) is 11.1 Å². The summed E-state index contributed by atoms with van der Waals surface area (Å²) in [5, 5.41) is 13.6. The molecule has 1 N–H and O–H groups in total. The average Bonchev–Trinajstić information content (AvgIpc) is 2.63. The normalized spacial score (nSPS) is 10.3. The number of anilines is 1. The molecule has 0 saturated carbocycles. The monoisotopic (exact) mass is 397 g/mol. The van der Waals surface area contributed by atoms with Gasteiger partial charge in [-0.3, -0.25) is 14.9 Å². The first-order valence-electron chi connectivity index (χ1n) is 7.31. The Morgan fingerprint density at radius 3 is 2.44 bits per heavy atom. The van der Waals surface area contributed by atoms with E-state index in [1.54, 1.807) is 12.3 Å². The van der Waals surface area contributed by atoms with Gasteiger partial charge in [-0.15, -0.1) is 0 Å². The molecule has 0 aliphatic rings. The molecule has 0 spiro atoms. The molecule has 0 fully saturated rings. The van der Waals surface area contributed by atoms with E-state index in [9.17, 15) is 14.9 Å². The Morgan fingerprint density at radius 1 is 1.04 bits per heavy atom. The third-order valence-corrected chi connectivity index (χ3v) is 4.19. The molecule has 0 saturated heterocycles. The van der Waals surface area contributed by atoms with E-state index >= 15 is 0 Å². The zero-order chi connectivity index (χ0) is 17.8. The van der Waals surface area contributed by atoms with Crippen LogP contribution in [0.1, 0.15) is 10.4 Å². The predicted octanol–water partition coefficient (Wildman–Crippen LogP) is 4.67. The highest BCUT2D eigenvalue weighted by Crippen LogP contribution is 2.26. The number of nitrogens with one attached hydrogen (secondary N) is 1. The number of nitrogens with zero attached hydrogens (tertiary/aromatic N) is 2. The lowest BCUT2D eigenvalue weighted by molar-refractivity contribution is -0.385. The van der Waals surface area contributed by atoms with E-state index in [2.05, 4.69) is 26.2 Å². The maximum absolute atomic E-state index is 12.3. The summed E-state index contributed by atoms with van der Waals surface area (Å²) in [5.74, 6) is -0.0918. The number of nitro benzene ring substituents is 1. The van der Waals surface area contributed by atoms with Crippen molar-refractivity contribution in [2.24, 2.45) is 0 Å². The van der Waals surface area contributed by atoms with E-state index < -0.39 is 10.8 Å². The minimum Gasteiger partial charge on any atom is -0.307 e. The van der Waals surface area contributed by atoms with Crippen molar-refractivity contribution in [3.63, 3.8) is 0 Å². The molecule has 0 aliphatic heterocycles. The summed E-state index contributed by atoms with van der Waals surface area (Å²) >= 11 is 3.09. The van der Waals surface area contributed by atoms with E-state index in [1.165, 1.54) is 18.2 Å². The zero-order valence-corrected chi connectivity index (χ0v) is 14.4. The second-order valence-electron chi connectivity index (χ2n) is 5.18. The van der Waals surface area contributed by atoms with Gasteiger partial charge in [-0.1, -0.05) is 30.3 Å². The van der Waals surface area contributed by atoms with Crippen LogP contribution in [0.4, 0.5) is 11.5 Å². The molecule has 6 nitrogen and oxygen atoms in total. The minimum atomic E-state index is -0.548. The standard InChI is InChI=1S/C18H12BrN3O3/c19-15-8-6-13(10-16(15)22(24)25)18(23)21-17-9-7-14(11-20-17)12-4-2-1-3-5-12/h1-11H,(H,20,21,23). The topological polar surface area (TPSA) is 85.1 Å². The second kappa shape index (κ2) is 7.23. The summed E-state index contributed by atoms with van der Waals surface area (Å²) in [6, 6.07) is 17.5. The molecule has 1 heterocycles. The van der Waals surface area contributed by atoms with Crippen molar-refractivity contribution < 1.29 is 9.72 Å². The van der Waals surface area contributed by atoms with Gasteiger partial charge in [-0.05, 0) is 45.8 Å². The Morgan fingerprint density at radius 2 is 1.80 bits per heavy atom. The van der Waals surface area contributed by atoms with Crippen LogP contribution in [0.5, 0.6) is 0 Å². The third kappa shape index (κ3) is 3.89. The smallest absolute Gasteiger partial charge is 0.284 e. The number of hydrogen-bond donors (Lipinski definition) is 1. The van der Waals surface area contributed by atoms with Crippen molar-refractivity contribution in [1.29, 1.82) is 0 Å². The molecule has 7 heteroatoms. The summed E-state index contributed by atoms with van der Waals surface area (Å²) in [6.45, 7) is 0. The quantitative estimate of drug-likeness (QED) is 0.511. The summed E-state index contributed by atoms with van der Waals surface area (Å²) < 4.78 is 0.319. The number of halogens is 1. The van der Waals surface area contributed by atoms with Crippen molar-refractivity contribution in [1.82, 2.24) is 4.98 Å². The minimum absolute atomic E-state index is 0.167. The number of carbonyl (C=O) groups excluding carboxylic acids is 1. The molecule has 2 aromatic carbocycles. The molecule has 124 valence electrons. The van der Waals surface area contributed by atoms with Crippen molar-refractivity contribution in [2.75, 3.05) is 5.32 Å². The van der Waals surface area contributed by atoms with Gasteiger partial charge in [0.05, 0.1) is 9.40 Å². The van der Waals surface area contributed by atoms with Crippen molar-refractivity contribution >= 4 is 33.3 Å². The number of nitro groups is 1. The molecule has 0 atom stereocenters. The zero-order valence-electron chi connectivity index (χ0n) is 12.8. The van der Waals surface area contributed by atoms with Crippen LogP contribution >= 0.6 is 15.9 Å². The van der Waals surface area contributed by atoms with Crippen LogP contribution in [0.15, 0.2) is 71.3 Å². The fourth-order valence-corrected chi connectivity index (χ4v) is 2.64. The Labute approximate surface area is 151 Å². The summed E-state index contributed by atoms with van der Waals surface area (Å²) in [4.78, 5) is 26.9. The number of rotatable bonds is 4. The summed E-state index contributed by atoms with van der Waals surface area (Å²) in [7, 11) is 0. The molecular formula is C18H12BrN3O3. The number of pyridine rings is 1. The van der Waals surface area contributed by atoms with Crippen LogP contribution in [0.25, 0.3) is 11.1 Å². The molecule has 0 unspecified atom stereocenters. The molecule has 3 rings (SSSR count). The predicted molar refractivity (Wildman–Crippen MR) is 98.4 cm³/mol. The highest BCUT2D eigenvalue weighted by atomic mass is 79.9. The molecular weight excluding hydrogens is 386 g/mol. The summed E-state index contributed by atoms with van der Waals surface area (Å²) in [5.41, 5.74) is 1.97. The Hall–Kier alpha value is -3.06. The van der Waals surface area contributed by atoms with Gasteiger partial charge in [-0.2, -0.15) is 0 Å². The van der Waals surface area contributed by atoms with Gasteiger partial charge in [0, 0.05) is 23.4 Å². The van der Waals surface area contributed by atoms with Gasteiger partial charge in [0.25, 0.3) is 11.6 Å². The van der Waals surface area contributed by atoms with Crippen molar-refractivity contribution in [3.05, 3.63) is 87.0 Å². The highest BCUT2D eigenvalue weighted by molar-refractivity contribution is 9.10. The second-order valence-corrected chi connectivity index (χ2v) is 6.03. The number of benzene rings is 2. The van der Waals surface area contributed by atoms with Crippen molar-refractivity contribution in [3.8, 4) is 11.1 Å². The molecule has 1 amide bonds. The summed E-state index contributed by atoms with van der Waals surface area (Å²) in [6.07, 6.45) is 1.66. The lowest BCUT2D eigenvalue weighted by Gasteiger charge is -2.06. The van der Waals surface area contributed by atoms with Gasteiger partial charge in [0.1, 0.15) is 5.82 Å². The number of hydrogen-bond acceptors (Lipinski definition) is 4. The lowest BCUT2D eigenvalue weighted by Crippen LogP contribution is -2.13. The van der Waals surface area contributed by atoms with E-state index in [4.69, 9.17) is 0 Å². The van der Waals surface area contributed by atoms with Crippen LogP contribution in [0.2, 0.25) is 0 Å². The van der Waals surface area contributed by atoms with E-state index in [1.807, 2.05) is 36.4 Å². The maximum atomic E-state index is 12.3. The average molecular weight is 398 g/mol. The first kappa shape index (κ1) is 16.8. The third-order valence-electron chi connectivity index (χ3n) is 3.52. The molecule has 0 aliphatic carbocycles. The Balaban J connectivity index is 1.77. The van der Waals surface area contributed by atoms with E-state index in [0.29, 0.717) is 10.3 Å². The maximum Gasteiger partial charge on any atom is 0.284 e. The number of amides is 1. The van der Waals surface area contributed by atoms with Crippen LogP contribution in [-0.4, -0.2) is 15.8 Å². The largest absolute Gasteiger partial charge is 0.307 e. The van der Waals surface area contributed by atoms with Gasteiger partial charge in [0.15, 0.2) is 0 Å². The Kier molecular flexibility index (Phi) is 4.85. The number of aromatic nitrogens is 1. The van der Waals surface area contributed by atoms with Crippen LogP contribution < -0.4 is 5.32 Å². The van der Waals surface area contributed by atoms with Gasteiger partial charge in [-0.25, -0.2) is 4.98 Å². The lowest BCUT2D eigenvalue weighted by atomic mass is 10.1. The van der Waals surface area contributed by atoms with Gasteiger partial charge >= 0.3 is 0 Å². The molecule has 25 heavy (non-hydrogen) atoms. The molecule has 1 aromatic heterocycles. The molecule has 0 bridgehead atoms. The van der Waals surface area contributed by atoms with Gasteiger partial charge in [0.2, 0.25) is 0 Å². The van der Waals surface area contributed by atoms with Crippen LogP contribution in [0, 0.1) is 10.1 Å². The van der Waals surface area contributed by atoms with Crippen LogP contribution in [0.3, 0.4) is 0 Å². The van der Waals surface area contributed by atoms with Gasteiger partial charge < -0.3 is 5.32 Å². The van der Waals surface area contributed by atoms with Crippen LogP contribution in [-0.2, 0) is 0 Å². The number of carbonyl (C=O) groups is 1. The molecule has 0 radical (unpaired) electrons. The first-order valence-corrected chi connectivity index (χ1v) is 8.10. The van der Waals surface area contributed by atoms with E-state index in [-0.39, 0.29) is 11.3 Å². The molecule has 3 aromatic rings. The fourth-order valence-electron chi connectivity index (χ4n) is 2.25. The Bertz CT molecular complexity index is 928. The highest BCUT2D eigenvalue weighted by Gasteiger charge is 2.16. The first-order chi connectivity index (χ1) is 12.0. The van der Waals surface area contributed by atoms with Crippen molar-refractivity contribution in [2.45, 2.75) is 0 Å². The fraction of sp³-hybridized carbons (Fsp3) is 0. The SMILES string of the molecule is O=C(Nc1ccc(-c2ccccc2)cn1)c1ccc(Br)c([N+](=O)[O-])c1.